The molecule has 18 heavy (non-hydrogen) atoms. The van der Waals surface area contributed by atoms with Crippen LogP contribution in [0, 0.1) is 0 Å². The second-order valence-corrected chi connectivity index (χ2v) is 4.95. The highest BCUT2D eigenvalue weighted by Crippen LogP contribution is 2.53. The average molecular weight is 279 g/mol. The molecule has 2 rings (SSSR count). The van der Waals surface area contributed by atoms with Crippen molar-refractivity contribution < 1.29 is 23.1 Å². The molecule has 1 fully saturated rings. The van der Waals surface area contributed by atoms with Gasteiger partial charge in [-0.1, -0.05) is 11.6 Å². The highest BCUT2D eigenvalue weighted by Gasteiger charge is 2.48. The van der Waals surface area contributed by atoms with E-state index in [2.05, 4.69) is 0 Å². The van der Waals surface area contributed by atoms with Gasteiger partial charge >= 0.3 is 12.1 Å². The van der Waals surface area contributed by atoms with Crippen LogP contribution in [0.15, 0.2) is 18.2 Å². The van der Waals surface area contributed by atoms with Crippen molar-refractivity contribution in [1.82, 2.24) is 0 Å². The van der Waals surface area contributed by atoms with Crippen molar-refractivity contribution in [3.05, 3.63) is 34.3 Å². The fraction of sp³-hybridized carbons (Fsp3) is 0.417. The molecule has 1 saturated carbocycles. The van der Waals surface area contributed by atoms with Gasteiger partial charge in [0.25, 0.3) is 0 Å². The number of halogens is 4. The molecule has 98 valence electrons. The molecule has 1 aliphatic rings. The average Bonchev–Trinajstić information content (AvgIpc) is 2.96. The normalized spacial score (nSPS) is 17.6. The molecule has 0 aromatic heterocycles. The third kappa shape index (κ3) is 2.46. The van der Waals surface area contributed by atoms with Gasteiger partial charge in [0.2, 0.25) is 0 Å². The molecule has 0 bridgehead atoms. The van der Waals surface area contributed by atoms with Crippen molar-refractivity contribution in [3.8, 4) is 0 Å². The largest absolute Gasteiger partial charge is 0.481 e. The Kier molecular flexibility index (Phi) is 3.05. The summed E-state index contributed by atoms with van der Waals surface area (Å²) in [7, 11) is 0. The lowest BCUT2D eigenvalue weighted by molar-refractivity contribution is -0.138. The minimum Gasteiger partial charge on any atom is -0.481 e. The summed E-state index contributed by atoms with van der Waals surface area (Å²) in [5.41, 5.74) is -1.22. The monoisotopic (exact) mass is 278 g/mol. The van der Waals surface area contributed by atoms with E-state index in [0.29, 0.717) is 18.4 Å². The number of hydrogen-bond donors (Lipinski definition) is 1. The molecule has 1 aliphatic carbocycles. The summed E-state index contributed by atoms with van der Waals surface area (Å²) in [5, 5.41) is 9.00. The van der Waals surface area contributed by atoms with Gasteiger partial charge in [0.1, 0.15) is 0 Å². The molecule has 0 aliphatic heterocycles. The predicted octanol–water partition coefficient (Wildman–Crippen LogP) is 3.87. The first-order chi connectivity index (χ1) is 8.24. The summed E-state index contributed by atoms with van der Waals surface area (Å²) >= 11 is 5.89. The molecule has 0 unspecified atom stereocenters. The number of aliphatic carboxylic acids is 1. The SMILES string of the molecule is O=C(O)CC1(c2cc(C(F)(F)F)ccc2Cl)CC1. The van der Waals surface area contributed by atoms with Gasteiger partial charge in [-0.15, -0.1) is 0 Å². The van der Waals surface area contributed by atoms with Crippen molar-refractivity contribution in [2.75, 3.05) is 0 Å². The van der Waals surface area contributed by atoms with Gasteiger partial charge in [0.05, 0.1) is 12.0 Å². The molecule has 0 atom stereocenters. The Morgan fingerprint density at radius 3 is 2.44 bits per heavy atom. The molecule has 2 nitrogen and oxygen atoms in total. The Balaban J connectivity index is 2.42. The van der Waals surface area contributed by atoms with Crippen LogP contribution < -0.4 is 0 Å². The van der Waals surface area contributed by atoms with Crippen LogP contribution in [-0.4, -0.2) is 11.1 Å². The van der Waals surface area contributed by atoms with Crippen LogP contribution in [0.1, 0.15) is 30.4 Å². The molecule has 0 heterocycles. The second kappa shape index (κ2) is 4.16. The number of carboxylic acid groups (broad SMARTS) is 1. The van der Waals surface area contributed by atoms with Crippen LogP contribution in [-0.2, 0) is 16.4 Å². The third-order valence-electron chi connectivity index (χ3n) is 3.21. The lowest BCUT2D eigenvalue weighted by atomic mass is 9.91. The van der Waals surface area contributed by atoms with Gasteiger partial charge in [-0.3, -0.25) is 4.79 Å². The molecule has 0 saturated heterocycles. The first-order valence-corrected chi connectivity index (χ1v) is 5.71. The number of alkyl halides is 3. The second-order valence-electron chi connectivity index (χ2n) is 4.54. The van der Waals surface area contributed by atoms with Gasteiger partial charge in [0, 0.05) is 10.4 Å². The van der Waals surface area contributed by atoms with E-state index in [4.69, 9.17) is 16.7 Å². The van der Waals surface area contributed by atoms with Crippen LogP contribution in [0.5, 0.6) is 0 Å². The maximum absolute atomic E-state index is 12.6. The summed E-state index contributed by atoms with van der Waals surface area (Å²) in [6.45, 7) is 0. The van der Waals surface area contributed by atoms with E-state index in [1.54, 1.807) is 0 Å². The smallest absolute Gasteiger partial charge is 0.416 e. The van der Waals surface area contributed by atoms with Crippen molar-refractivity contribution in [3.63, 3.8) is 0 Å². The molecule has 1 aromatic rings. The zero-order chi connectivity index (χ0) is 13.6. The van der Waals surface area contributed by atoms with E-state index in [0.717, 1.165) is 12.1 Å². The first kappa shape index (κ1) is 13.2. The Bertz CT molecular complexity index is 493. The van der Waals surface area contributed by atoms with Crippen molar-refractivity contribution >= 4 is 17.6 Å². The van der Waals surface area contributed by atoms with Gasteiger partial charge in [-0.25, -0.2) is 0 Å². The lowest BCUT2D eigenvalue weighted by Gasteiger charge is -2.17. The summed E-state index contributed by atoms with van der Waals surface area (Å²) < 4.78 is 37.8. The number of carbonyl (C=O) groups is 1. The Morgan fingerprint density at radius 2 is 2.00 bits per heavy atom. The summed E-state index contributed by atoms with van der Waals surface area (Å²) in [6, 6.07) is 3.06. The van der Waals surface area contributed by atoms with E-state index < -0.39 is 23.1 Å². The maximum atomic E-state index is 12.6. The lowest BCUT2D eigenvalue weighted by Crippen LogP contribution is -2.15. The Labute approximate surface area is 106 Å². The van der Waals surface area contributed by atoms with Crippen LogP contribution >= 0.6 is 11.6 Å². The summed E-state index contributed by atoms with van der Waals surface area (Å²) in [5.74, 6) is -1.03. The van der Waals surface area contributed by atoms with Crippen molar-refractivity contribution in [2.24, 2.45) is 0 Å². The van der Waals surface area contributed by atoms with E-state index in [1.807, 2.05) is 0 Å². The molecule has 6 heteroatoms. The van der Waals surface area contributed by atoms with Gasteiger partial charge in [0.15, 0.2) is 0 Å². The van der Waals surface area contributed by atoms with Crippen LogP contribution in [0.4, 0.5) is 13.2 Å². The Morgan fingerprint density at radius 1 is 1.39 bits per heavy atom. The fourth-order valence-electron chi connectivity index (χ4n) is 2.09. The van der Waals surface area contributed by atoms with E-state index in [-0.39, 0.29) is 11.4 Å². The number of benzene rings is 1. The minimum atomic E-state index is -4.45. The topological polar surface area (TPSA) is 37.3 Å². The minimum absolute atomic E-state index is 0.186. The van der Waals surface area contributed by atoms with E-state index in [9.17, 15) is 18.0 Å². The highest BCUT2D eigenvalue weighted by molar-refractivity contribution is 6.31. The van der Waals surface area contributed by atoms with Gasteiger partial charge in [-0.05, 0) is 36.6 Å². The van der Waals surface area contributed by atoms with E-state index in [1.165, 1.54) is 6.07 Å². The number of carboxylic acids is 1. The van der Waals surface area contributed by atoms with Gasteiger partial charge < -0.3 is 5.11 Å². The molecule has 0 amide bonds. The van der Waals surface area contributed by atoms with Crippen molar-refractivity contribution in [1.29, 1.82) is 0 Å². The highest BCUT2D eigenvalue weighted by atomic mass is 35.5. The molecule has 1 aromatic carbocycles. The van der Waals surface area contributed by atoms with Crippen LogP contribution in [0.2, 0.25) is 5.02 Å². The first-order valence-electron chi connectivity index (χ1n) is 5.34. The predicted molar refractivity (Wildman–Crippen MR) is 59.6 cm³/mol. The number of rotatable bonds is 3. The quantitative estimate of drug-likeness (QED) is 0.911. The molecular formula is C12H10ClF3O2. The molecule has 1 N–H and O–H groups in total. The van der Waals surface area contributed by atoms with Gasteiger partial charge in [-0.2, -0.15) is 13.2 Å². The van der Waals surface area contributed by atoms with Crippen LogP contribution in [0.25, 0.3) is 0 Å². The maximum Gasteiger partial charge on any atom is 0.416 e. The fourth-order valence-corrected chi connectivity index (χ4v) is 2.41. The Hall–Kier alpha value is -1.23. The summed E-state index contributed by atoms with van der Waals surface area (Å²) in [6.07, 6.45) is -3.52. The third-order valence-corrected chi connectivity index (χ3v) is 3.54. The number of hydrogen-bond acceptors (Lipinski definition) is 1. The standard InChI is InChI=1S/C12H10ClF3O2/c13-9-2-1-7(12(14,15)16)5-8(9)11(3-4-11)6-10(17)18/h1-2,5H,3-4,6H2,(H,17,18). The van der Waals surface area contributed by atoms with Crippen molar-refractivity contribution in [2.45, 2.75) is 30.9 Å². The van der Waals surface area contributed by atoms with E-state index >= 15 is 0 Å². The molecule has 0 radical (unpaired) electrons. The summed E-state index contributed by atoms with van der Waals surface area (Å²) in [4.78, 5) is 10.8. The molecular weight excluding hydrogens is 269 g/mol. The zero-order valence-corrected chi connectivity index (χ0v) is 9.98. The zero-order valence-electron chi connectivity index (χ0n) is 9.22. The van der Waals surface area contributed by atoms with Crippen LogP contribution in [0.3, 0.4) is 0 Å². The molecule has 0 spiro atoms.